The summed E-state index contributed by atoms with van der Waals surface area (Å²) in [5.74, 6) is 0.562. The summed E-state index contributed by atoms with van der Waals surface area (Å²) >= 11 is 0. The third-order valence-corrected chi connectivity index (χ3v) is 3.69. The Bertz CT molecular complexity index is 568. The number of hydrogen-bond donors (Lipinski definition) is 0. The zero-order valence-electron chi connectivity index (χ0n) is 14.2. The van der Waals surface area contributed by atoms with Crippen molar-refractivity contribution in [2.24, 2.45) is 5.41 Å². The third kappa shape index (κ3) is 5.14. The van der Waals surface area contributed by atoms with E-state index in [0.29, 0.717) is 11.3 Å². The van der Waals surface area contributed by atoms with Gasteiger partial charge in [-0.2, -0.15) is 0 Å². The van der Waals surface area contributed by atoms with Gasteiger partial charge in [0.05, 0.1) is 11.0 Å². The van der Waals surface area contributed by atoms with Crippen molar-refractivity contribution >= 4 is 17.6 Å². The molecule has 1 aromatic rings. The maximum Gasteiger partial charge on any atom is 0.163 e. The molecule has 3 heteroatoms. The first-order valence-electron chi connectivity index (χ1n) is 7.73. The van der Waals surface area contributed by atoms with E-state index in [2.05, 4.69) is 13.0 Å². The molecule has 120 valence electrons. The lowest BCUT2D eigenvalue weighted by Gasteiger charge is -2.22. The van der Waals surface area contributed by atoms with Crippen molar-refractivity contribution in [3.8, 4) is 5.75 Å². The minimum Gasteiger partial charge on any atom is -0.492 e. The molecule has 22 heavy (non-hydrogen) atoms. The summed E-state index contributed by atoms with van der Waals surface area (Å²) in [5.41, 5.74) is 0.975. The second-order valence-corrected chi connectivity index (χ2v) is 6.23. The first-order chi connectivity index (χ1) is 10.3. The van der Waals surface area contributed by atoms with E-state index in [4.69, 9.17) is 4.74 Å². The molecule has 0 bridgehead atoms. The van der Waals surface area contributed by atoms with Gasteiger partial charge in [-0.15, -0.1) is 0 Å². The minimum absolute atomic E-state index is 0.0404. The Hall–Kier alpha value is -1.90. The summed E-state index contributed by atoms with van der Waals surface area (Å²) < 4.78 is 5.74. The highest BCUT2D eigenvalue weighted by Gasteiger charge is 2.25. The number of rotatable bonds is 8. The normalized spacial score (nSPS) is 11.7. The van der Waals surface area contributed by atoms with Gasteiger partial charge in [0, 0.05) is 0 Å². The molecule has 3 nitrogen and oxygen atoms in total. The average Bonchev–Trinajstić information content (AvgIpc) is 2.45. The topological polar surface area (TPSA) is 43.4 Å². The first kappa shape index (κ1) is 18.1. The molecule has 0 aliphatic heterocycles. The molecule has 0 amide bonds. The molecule has 0 spiro atoms. The Kier molecular flexibility index (Phi) is 6.54. The monoisotopic (exact) mass is 302 g/mol. The summed E-state index contributed by atoms with van der Waals surface area (Å²) in [6, 6.07) is 5.57. The van der Waals surface area contributed by atoms with Gasteiger partial charge in [0.15, 0.2) is 5.78 Å². The molecule has 1 aromatic carbocycles. The second-order valence-electron chi connectivity index (χ2n) is 6.23. The molecule has 0 saturated heterocycles. The van der Waals surface area contributed by atoms with Crippen LogP contribution in [0.1, 0.15) is 63.4 Å². The molecule has 1 rings (SSSR count). The lowest BCUT2D eigenvalue weighted by atomic mass is 9.90. The van der Waals surface area contributed by atoms with Crippen LogP contribution in [0, 0.1) is 5.41 Å². The highest BCUT2D eigenvalue weighted by molar-refractivity contribution is 5.97. The summed E-state index contributed by atoms with van der Waals surface area (Å²) in [6.45, 7) is 9.14. The van der Waals surface area contributed by atoms with Crippen LogP contribution in [0.15, 0.2) is 24.3 Å². The average molecular weight is 302 g/mol. The molecule has 0 N–H and O–H groups in total. The standard InChI is InChI=1S/C19H26O3/c1-6-7-8-9-16-10-11-18(17(12-16)14(2)20)22-13-19(4,5)15(3)21/h8-12H,6-7,13H2,1-5H3. The lowest BCUT2D eigenvalue weighted by Crippen LogP contribution is -2.29. The Labute approximate surface area is 133 Å². The number of ether oxygens (including phenoxy) is 1. The maximum atomic E-state index is 11.8. The van der Waals surface area contributed by atoms with E-state index in [1.54, 1.807) is 13.0 Å². The highest BCUT2D eigenvalue weighted by atomic mass is 16.5. The molecule has 0 aliphatic carbocycles. The van der Waals surface area contributed by atoms with Crippen LogP contribution in [0.5, 0.6) is 5.75 Å². The smallest absolute Gasteiger partial charge is 0.163 e. The van der Waals surface area contributed by atoms with E-state index < -0.39 is 5.41 Å². The van der Waals surface area contributed by atoms with Crippen molar-refractivity contribution in [3.05, 3.63) is 35.4 Å². The van der Waals surface area contributed by atoms with Crippen LogP contribution in [0.3, 0.4) is 0 Å². The summed E-state index contributed by atoms with van der Waals surface area (Å²) in [7, 11) is 0. The van der Waals surface area contributed by atoms with E-state index in [1.807, 2.05) is 32.1 Å². The van der Waals surface area contributed by atoms with Crippen molar-refractivity contribution in [3.63, 3.8) is 0 Å². The molecule has 0 heterocycles. The van der Waals surface area contributed by atoms with E-state index in [0.717, 1.165) is 18.4 Å². The fraction of sp³-hybridized carbons (Fsp3) is 0.474. The maximum absolute atomic E-state index is 11.8. The number of carbonyl (C=O) groups excluding carboxylic acids is 2. The van der Waals surface area contributed by atoms with Crippen molar-refractivity contribution in [2.75, 3.05) is 6.61 Å². The Morgan fingerprint density at radius 3 is 2.45 bits per heavy atom. The predicted octanol–water partition coefficient (Wildman–Crippen LogP) is 4.70. The number of hydrogen-bond acceptors (Lipinski definition) is 3. The molecule has 0 fully saturated rings. The zero-order chi connectivity index (χ0) is 16.8. The number of carbonyl (C=O) groups is 2. The van der Waals surface area contributed by atoms with Crippen LogP contribution in [0.25, 0.3) is 6.08 Å². The van der Waals surface area contributed by atoms with Crippen LogP contribution in [0.2, 0.25) is 0 Å². The lowest BCUT2D eigenvalue weighted by molar-refractivity contribution is -0.126. The second kappa shape index (κ2) is 7.92. The highest BCUT2D eigenvalue weighted by Crippen LogP contribution is 2.25. The van der Waals surface area contributed by atoms with Gasteiger partial charge in [-0.25, -0.2) is 0 Å². The van der Waals surface area contributed by atoms with Gasteiger partial charge >= 0.3 is 0 Å². The minimum atomic E-state index is -0.562. The Balaban J connectivity index is 2.96. The number of ketones is 2. The summed E-state index contributed by atoms with van der Waals surface area (Å²) in [5, 5.41) is 0. The van der Waals surface area contributed by atoms with Crippen LogP contribution in [-0.2, 0) is 4.79 Å². The van der Waals surface area contributed by atoms with Crippen LogP contribution in [-0.4, -0.2) is 18.2 Å². The van der Waals surface area contributed by atoms with Crippen molar-refractivity contribution in [2.45, 2.75) is 47.5 Å². The molecule has 0 saturated carbocycles. The van der Waals surface area contributed by atoms with Gasteiger partial charge < -0.3 is 4.74 Å². The summed E-state index contributed by atoms with van der Waals surface area (Å²) in [4.78, 5) is 23.4. The fourth-order valence-corrected chi connectivity index (χ4v) is 1.80. The number of Topliss-reactive ketones (excluding diaryl/α,β-unsaturated/α-hetero) is 2. The van der Waals surface area contributed by atoms with E-state index in [-0.39, 0.29) is 18.2 Å². The van der Waals surface area contributed by atoms with Gasteiger partial charge in [0.2, 0.25) is 0 Å². The Morgan fingerprint density at radius 1 is 1.23 bits per heavy atom. The fourth-order valence-electron chi connectivity index (χ4n) is 1.80. The molecular weight excluding hydrogens is 276 g/mol. The zero-order valence-corrected chi connectivity index (χ0v) is 14.2. The van der Waals surface area contributed by atoms with Crippen LogP contribution >= 0.6 is 0 Å². The first-order valence-corrected chi connectivity index (χ1v) is 7.73. The van der Waals surface area contributed by atoms with E-state index in [9.17, 15) is 9.59 Å². The predicted molar refractivity (Wildman–Crippen MR) is 90.3 cm³/mol. The van der Waals surface area contributed by atoms with Crippen LogP contribution in [0.4, 0.5) is 0 Å². The number of allylic oxidation sites excluding steroid dienone is 1. The molecular formula is C19H26O3. The van der Waals surface area contributed by atoms with Gasteiger partial charge in [-0.05, 0) is 51.8 Å². The number of unbranched alkanes of at least 4 members (excludes halogenated alkanes) is 1. The quantitative estimate of drug-likeness (QED) is 0.654. The molecule has 0 atom stereocenters. The van der Waals surface area contributed by atoms with Crippen molar-refractivity contribution < 1.29 is 14.3 Å². The molecule has 0 unspecified atom stereocenters. The molecule has 0 aromatic heterocycles. The third-order valence-electron chi connectivity index (χ3n) is 3.69. The van der Waals surface area contributed by atoms with E-state index >= 15 is 0 Å². The summed E-state index contributed by atoms with van der Waals surface area (Å²) in [6.07, 6.45) is 6.22. The Morgan fingerprint density at radius 2 is 1.91 bits per heavy atom. The van der Waals surface area contributed by atoms with Crippen molar-refractivity contribution in [1.29, 1.82) is 0 Å². The van der Waals surface area contributed by atoms with Crippen molar-refractivity contribution in [1.82, 2.24) is 0 Å². The van der Waals surface area contributed by atoms with Gasteiger partial charge in [0.25, 0.3) is 0 Å². The van der Waals surface area contributed by atoms with Gasteiger partial charge in [0.1, 0.15) is 18.1 Å². The van der Waals surface area contributed by atoms with Crippen LogP contribution < -0.4 is 4.74 Å². The molecule has 0 radical (unpaired) electrons. The van der Waals surface area contributed by atoms with E-state index in [1.165, 1.54) is 6.92 Å². The largest absolute Gasteiger partial charge is 0.492 e. The molecule has 0 aliphatic rings. The van der Waals surface area contributed by atoms with Gasteiger partial charge in [-0.3, -0.25) is 9.59 Å². The van der Waals surface area contributed by atoms with Gasteiger partial charge in [-0.1, -0.05) is 31.6 Å². The SMILES string of the molecule is CCCC=Cc1ccc(OCC(C)(C)C(C)=O)c(C(C)=O)c1. The number of benzene rings is 1.